The van der Waals surface area contributed by atoms with Gasteiger partial charge in [-0.1, -0.05) is 36.4 Å². The van der Waals surface area contributed by atoms with Crippen LogP contribution < -0.4 is 19.8 Å². The number of hydrogen-bond acceptors (Lipinski definition) is 4. The first-order chi connectivity index (χ1) is 14.7. The van der Waals surface area contributed by atoms with Gasteiger partial charge >= 0.3 is 0 Å². The van der Waals surface area contributed by atoms with Crippen LogP contribution in [0.1, 0.15) is 30.7 Å². The Balaban J connectivity index is 1.62. The Morgan fingerprint density at radius 2 is 1.77 bits per heavy atom. The van der Waals surface area contributed by atoms with Crippen molar-refractivity contribution in [3.8, 4) is 11.5 Å². The summed E-state index contributed by atoms with van der Waals surface area (Å²) in [4.78, 5) is 27.5. The second-order valence-corrected chi connectivity index (χ2v) is 8.35. The van der Waals surface area contributed by atoms with Crippen molar-refractivity contribution in [2.24, 2.45) is 7.05 Å². The van der Waals surface area contributed by atoms with Gasteiger partial charge in [-0.3, -0.25) is 14.5 Å². The molecule has 1 aliphatic heterocycles. The van der Waals surface area contributed by atoms with Crippen molar-refractivity contribution >= 4 is 11.6 Å². The Bertz CT molecular complexity index is 1180. The second-order valence-electron chi connectivity index (χ2n) is 8.35. The topological polar surface area (TPSA) is 60.8 Å². The first-order valence-electron chi connectivity index (χ1n) is 10.2. The molecule has 2 aromatic carbocycles. The lowest BCUT2D eigenvalue weighted by atomic mass is 10.0. The van der Waals surface area contributed by atoms with Gasteiger partial charge in [0.05, 0.1) is 18.4 Å². The van der Waals surface area contributed by atoms with Crippen molar-refractivity contribution in [2.75, 3.05) is 4.90 Å². The predicted octanol–water partition coefficient (Wildman–Crippen LogP) is 3.98. The van der Waals surface area contributed by atoms with Gasteiger partial charge in [0, 0.05) is 18.8 Å². The highest BCUT2D eigenvalue weighted by Gasteiger charge is 2.41. The zero-order valence-electron chi connectivity index (χ0n) is 18.2. The first kappa shape index (κ1) is 20.7. The largest absolute Gasteiger partial charge is 0.483 e. The summed E-state index contributed by atoms with van der Waals surface area (Å²) in [5.41, 5.74) is 2.23. The molecule has 1 aromatic heterocycles. The van der Waals surface area contributed by atoms with Crippen LogP contribution in [0.2, 0.25) is 0 Å². The van der Waals surface area contributed by atoms with Gasteiger partial charge in [0.25, 0.3) is 5.91 Å². The Labute approximate surface area is 181 Å². The fourth-order valence-electron chi connectivity index (χ4n) is 3.64. The van der Waals surface area contributed by atoms with Crippen molar-refractivity contribution in [2.45, 2.75) is 39.5 Å². The van der Waals surface area contributed by atoms with Crippen molar-refractivity contribution < 1.29 is 14.3 Å². The molecular formula is C25H26N2O4. The monoisotopic (exact) mass is 418 g/mol. The van der Waals surface area contributed by atoms with E-state index in [-0.39, 0.29) is 23.6 Å². The van der Waals surface area contributed by atoms with Crippen LogP contribution in [-0.2, 0) is 25.0 Å². The summed E-state index contributed by atoms with van der Waals surface area (Å²) < 4.78 is 13.5. The van der Waals surface area contributed by atoms with Crippen molar-refractivity contribution in [1.29, 1.82) is 0 Å². The SMILES string of the molecule is Cc1ccc2c(c1)N(Cc1cc(=O)c(OCc3ccccc3)cn1C)C(=O)C(C)(C)O2. The molecule has 31 heavy (non-hydrogen) atoms. The average molecular weight is 418 g/mol. The fourth-order valence-corrected chi connectivity index (χ4v) is 3.64. The number of hydrogen-bond donors (Lipinski definition) is 0. The normalized spacial score (nSPS) is 14.7. The van der Waals surface area contributed by atoms with Gasteiger partial charge < -0.3 is 14.0 Å². The molecule has 0 saturated heterocycles. The van der Waals surface area contributed by atoms with E-state index in [4.69, 9.17) is 9.47 Å². The summed E-state index contributed by atoms with van der Waals surface area (Å²) in [5.74, 6) is 0.783. The van der Waals surface area contributed by atoms with E-state index >= 15 is 0 Å². The number of fused-ring (bicyclic) bond motifs is 1. The van der Waals surface area contributed by atoms with Crippen LogP contribution in [-0.4, -0.2) is 16.1 Å². The number of ether oxygens (including phenoxy) is 2. The van der Waals surface area contributed by atoms with E-state index in [9.17, 15) is 9.59 Å². The van der Waals surface area contributed by atoms with E-state index in [0.717, 1.165) is 11.1 Å². The molecule has 160 valence electrons. The second kappa shape index (κ2) is 7.95. The zero-order valence-corrected chi connectivity index (χ0v) is 18.2. The molecule has 0 bridgehead atoms. The average Bonchev–Trinajstić information content (AvgIpc) is 2.73. The molecule has 0 atom stereocenters. The van der Waals surface area contributed by atoms with Crippen molar-refractivity contribution in [3.63, 3.8) is 0 Å². The number of carbonyl (C=O) groups is 1. The summed E-state index contributed by atoms with van der Waals surface area (Å²) in [6.07, 6.45) is 1.67. The van der Waals surface area contributed by atoms with Gasteiger partial charge in [-0.25, -0.2) is 0 Å². The van der Waals surface area contributed by atoms with Crippen LogP contribution in [0.3, 0.4) is 0 Å². The van der Waals surface area contributed by atoms with Gasteiger partial charge in [-0.05, 0) is 44.0 Å². The first-order valence-corrected chi connectivity index (χ1v) is 10.2. The third-order valence-corrected chi connectivity index (χ3v) is 5.39. The number of benzene rings is 2. The lowest BCUT2D eigenvalue weighted by Gasteiger charge is -2.39. The lowest BCUT2D eigenvalue weighted by Crippen LogP contribution is -2.52. The fraction of sp³-hybridized carbons (Fsp3) is 0.280. The summed E-state index contributed by atoms with van der Waals surface area (Å²) in [6.45, 7) is 6.05. The Hall–Kier alpha value is -3.54. The highest BCUT2D eigenvalue weighted by molar-refractivity contribution is 6.02. The number of carbonyl (C=O) groups excluding carboxylic acids is 1. The van der Waals surface area contributed by atoms with Gasteiger partial charge in [-0.15, -0.1) is 0 Å². The van der Waals surface area contributed by atoms with E-state index < -0.39 is 5.60 Å². The molecule has 1 aliphatic rings. The summed E-state index contributed by atoms with van der Waals surface area (Å²) in [5, 5.41) is 0. The van der Waals surface area contributed by atoms with Crippen LogP contribution in [0.25, 0.3) is 0 Å². The summed E-state index contributed by atoms with van der Waals surface area (Å²) in [6, 6.07) is 17.0. The van der Waals surface area contributed by atoms with Crippen LogP contribution in [0, 0.1) is 6.92 Å². The molecule has 0 radical (unpaired) electrons. The quantitative estimate of drug-likeness (QED) is 0.629. The molecule has 0 N–H and O–H groups in total. The molecule has 0 fully saturated rings. The number of amides is 1. The summed E-state index contributed by atoms with van der Waals surface area (Å²) >= 11 is 0. The number of aryl methyl sites for hydroxylation is 2. The Morgan fingerprint density at radius 1 is 1.03 bits per heavy atom. The Morgan fingerprint density at radius 3 is 2.52 bits per heavy atom. The molecule has 0 aliphatic carbocycles. The minimum atomic E-state index is -0.986. The van der Waals surface area contributed by atoms with E-state index in [1.54, 1.807) is 24.9 Å². The van der Waals surface area contributed by atoms with Gasteiger partial charge in [-0.2, -0.15) is 0 Å². The van der Waals surface area contributed by atoms with Crippen LogP contribution >= 0.6 is 0 Å². The van der Waals surface area contributed by atoms with Crippen LogP contribution in [0.4, 0.5) is 5.69 Å². The van der Waals surface area contributed by atoms with Gasteiger partial charge in [0.2, 0.25) is 5.43 Å². The number of nitrogens with zero attached hydrogens (tertiary/aromatic N) is 2. The lowest BCUT2D eigenvalue weighted by molar-refractivity contribution is -0.132. The third kappa shape index (κ3) is 4.19. The number of anilines is 1. The highest BCUT2D eigenvalue weighted by atomic mass is 16.5. The minimum absolute atomic E-state index is 0.151. The van der Waals surface area contributed by atoms with E-state index in [1.807, 2.05) is 67.1 Å². The number of aromatic nitrogens is 1. The maximum Gasteiger partial charge on any atom is 0.271 e. The number of pyridine rings is 1. The summed E-state index contributed by atoms with van der Waals surface area (Å²) in [7, 11) is 1.84. The predicted molar refractivity (Wildman–Crippen MR) is 120 cm³/mol. The third-order valence-electron chi connectivity index (χ3n) is 5.39. The minimum Gasteiger partial charge on any atom is -0.483 e. The molecule has 2 heterocycles. The number of rotatable bonds is 5. The van der Waals surface area contributed by atoms with Crippen LogP contribution in [0.15, 0.2) is 65.6 Å². The maximum atomic E-state index is 13.1. The molecule has 1 amide bonds. The molecule has 0 saturated carbocycles. The Kier molecular flexibility index (Phi) is 5.31. The van der Waals surface area contributed by atoms with Crippen molar-refractivity contribution in [3.05, 3.63) is 87.8 Å². The molecular weight excluding hydrogens is 392 g/mol. The van der Waals surface area contributed by atoms with E-state index in [2.05, 4.69) is 0 Å². The smallest absolute Gasteiger partial charge is 0.271 e. The molecule has 6 heteroatoms. The van der Waals surface area contributed by atoms with Crippen LogP contribution in [0.5, 0.6) is 11.5 Å². The standard InChI is InChI=1S/C25H26N2O4/c1-17-10-11-22-20(12-17)27(24(29)25(2,3)31-22)14-19-13-21(28)23(15-26(19)4)30-16-18-8-6-5-7-9-18/h5-13,15H,14,16H2,1-4H3. The molecule has 3 aromatic rings. The van der Waals surface area contributed by atoms with Gasteiger partial charge in [0.1, 0.15) is 12.4 Å². The highest BCUT2D eigenvalue weighted by Crippen LogP contribution is 2.39. The van der Waals surface area contributed by atoms with Gasteiger partial charge in [0.15, 0.2) is 11.4 Å². The molecule has 4 rings (SSSR count). The molecule has 6 nitrogen and oxygen atoms in total. The molecule has 0 spiro atoms. The molecule has 0 unspecified atom stereocenters. The van der Waals surface area contributed by atoms with E-state index in [1.165, 1.54) is 6.07 Å². The van der Waals surface area contributed by atoms with Crippen molar-refractivity contribution in [1.82, 2.24) is 4.57 Å². The zero-order chi connectivity index (χ0) is 22.2. The van der Waals surface area contributed by atoms with E-state index in [0.29, 0.717) is 23.7 Å². The maximum absolute atomic E-state index is 13.1.